The summed E-state index contributed by atoms with van der Waals surface area (Å²) in [7, 11) is -1.76. The van der Waals surface area contributed by atoms with E-state index in [0.29, 0.717) is 6.04 Å². The van der Waals surface area contributed by atoms with Crippen molar-refractivity contribution in [1.29, 1.82) is 0 Å². The van der Waals surface area contributed by atoms with E-state index in [4.69, 9.17) is 4.43 Å². The summed E-state index contributed by atoms with van der Waals surface area (Å²) in [6.07, 6.45) is 0.138. The van der Waals surface area contributed by atoms with E-state index < -0.39 is 8.32 Å². The molecule has 0 bridgehead atoms. The van der Waals surface area contributed by atoms with Gasteiger partial charge in [0.1, 0.15) is 0 Å². The van der Waals surface area contributed by atoms with Gasteiger partial charge in [-0.05, 0) is 23.7 Å². The summed E-state index contributed by atoms with van der Waals surface area (Å²) in [5, 5.41) is 3.75. The van der Waals surface area contributed by atoms with E-state index in [1.165, 1.54) is 5.56 Å². The molecule has 0 spiro atoms. The fraction of sp³-hybridized carbons (Fsp3) is 0.647. The van der Waals surface area contributed by atoms with Crippen molar-refractivity contribution in [3.8, 4) is 0 Å². The van der Waals surface area contributed by atoms with Gasteiger partial charge >= 0.3 is 0 Å². The Kier molecular flexibility index (Phi) is 5.99. The van der Waals surface area contributed by atoms with Crippen LogP contribution < -0.4 is 5.32 Å². The molecule has 0 aliphatic rings. The number of rotatable bonds is 6. The van der Waals surface area contributed by atoms with Gasteiger partial charge in [-0.2, -0.15) is 0 Å². The molecule has 20 heavy (non-hydrogen) atoms. The van der Waals surface area contributed by atoms with E-state index in [2.05, 4.69) is 83.4 Å². The number of hydrogen-bond acceptors (Lipinski definition) is 2. The second kappa shape index (κ2) is 6.88. The Bertz CT molecular complexity index is 395. The van der Waals surface area contributed by atoms with E-state index in [1.807, 2.05) is 0 Å². The average molecular weight is 294 g/mol. The van der Waals surface area contributed by atoms with E-state index in [0.717, 1.165) is 6.54 Å². The minimum atomic E-state index is -1.76. The van der Waals surface area contributed by atoms with E-state index in [-0.39, 0.29) is 11.1 Å². The van der Waals surface area contributed by atoms with Crippen molar-refractivity contribution in [3.63, 3.8) is 0 Å². The molecule has 0 aliphatic carbocycles. The van der Waals surface area contributed by atoms with E-state index in [9.17, 15) is 0 Å². The number of nitrogens with one attached hydrogen (secondary N) is 1. The highest BCUT2D eigenvalue weighted by atomic mass is 28.4. The van der Waals surface area contributed by atoms with Crippen molar-refractivity contribution in [2.75, 3.05) is 6.54 Å². The Labute approximate surface area is 126 Å². The SMILES string of the molecule is CC(C)NC[C@H](O[Si](C)(C)C(C)(C)C)c1ccccc1. The fourth-order valence-electron chi connectivity index (χ4n) is 1.77. The molecule has 1 atom stereocenters. The van der Waals surface area contributed by atoms with Crippen LogP contribution >= 0.6 is 0 Å². The topological polar surface area (TPSA) is 21.3 Å². The predicted molar refractivity (Wildman–Crippen MR) is 90.6 cm³/mol. The van der Waals surface area contributed by atoms with Gasteiger partial charge in [-0.1, -0.05) is 65.0 Å². The second-order valence-corrected chi connectivity index (χ2v) is 12.1. The molecular formula is C17H31NOSi. The van der Waals surface area contributed by atoms with Crippen molar-refractivity contribution < 1.29 is 4.43 Å². The highest BCUT2D eigenvalue weighted by Crippen LogP contribution is 2.39. The lowest BCUT2D eigenvalue weighted by atomic mass is 10.1. The molecule has 1 aromatic carbocycles. The Balaban J connectivity index is 2.89. The van der Waals surface area contributed by atoms with Crippen LogP contribution in [0.2, 0.25) is 18.1 Å². The van der Waals surface area contributed by atoms with Gasteiger partial charge in [0.2, 0.25) is 0 Å². The zero-order valence-corrected chi connectivity index (χ0v) is 15.2. The Hall–Kier alpha value is -0.643. The van der Waals surface area contributed by atoms with Crippen LogP contribution in [-0.4, -0.2) is 20.9 Å². The summed E-state index contributed by atoms with van der Waals surface area (Å²) >= 11 is 0. The van der Waals surface area contributed by atoms with Crippen molar-refractivity contribution in [1.82, 2.24) is 5.32 Å². The Morgan fingerprint density at radius 2 is 1.65 bits per heavy atom. The van der Waals surface area contributed by atoms with Gasteiger partial charge in [0.05, 0.1) is 6.10 Å². The first-order valence-corrected chi connectivity index (χ1v) is 10.5. The third kappa shape index (κ3) is 5.04. The summed E-state index contributed by atoms with van der Waals surface area (Å²) in [6, 6.07) is 11.0. The molecule has 0 amide bonds. The maximum Gasteiger partial charge on any atom is 0.192 e. The lowest BCUT2D eigenvalue weighted by Gasteiger charge is -2.39. The first-order chi connectivity index (χ1) is 9.13. The van der Waals surface area contributed by atoms with Gasteiger partial charge in [0.25, 0.3) is 0 Å². The molecule has 0 radical (unpaired) electrons. The first kappa shape index (κ1) is 17.4. The Morgan fingerprint density at radius 3 is 2.10 bits per heavy atom. The summed E-state index contributed by atoms with van der Waals surface area (Å²) in [5.41, 5.74) is 1.27. The molecule has 1 aromatic rings. The summed E-state index contributed by atoms with van der Waals surface area (Å²) in [5.74, 6) is 0. The third-order valence-electron chi connectivity index (χ3n) is 4.13. The third-order valence-corrected chi connectivity index (χ3v) is 8.61. The number of benzene rings is 1. The molecule has 0 heterocycles. The molecule has 1 N–H and O–H groups in total. The Morgan fingerprint density at radius 1 is 1.10 bits per heavy atom. The zero-order valence-electron chi connectivity index (χ0n) is 14.2. The van der Waals surface area contributed by atoms with Gasteiger partial charge in [0, 0.05) is 12.6 Å². The van der Waals surface area contributed by atoms with Gasteiger partial charge in [0.15, 0.2) is 8.32 Å². The molecule has 2 nitrogen and oxygen atoms in total. The van der Waals surface area contributed by atoms with Crippen LogP contribution in [0.5, 0.6) is 0 Å². The van der Waals surface area contributed by atoms with E-state index >= 15 is 0 Å². The molecule has 0 aromatic heterocycles. The highest BCUT2D eigenvalue weighted by Gasteiger charge is 2.39. The largest absolute Gasteiger partial charge is 0.409 e. The summed E-state index contributed by atoms with van der Waals surface area (Å²) in [6.45, 7) is 16.7. The molecule has 1 rings (SSSR count). The van der Waals surface area contributed by atoms with Crippen LogP contribution in [-0.2, 0) is 4.43 Å². The predicted octanol–water partition coefficient (Wildman–Crippen LogP) is 4.75. The van der Waals surface area contributed by atoms with Crippen LogP contribution in [0.3, 0.4) is 0 Å². The zero-order chi connectivity index (χ0) is 15.4. The minimum Gasteiger partial charge on any atom is -0.409 e. The maximum absolute atomic E-state index is 6.62. The molecule has 0 saturated carbocycles. The van der Waals surface area contributed by atoms with Gasteiger partial charge in [-0.15, -0.1) is 0 Å². The summed E-state index contributed by atoms with van der Waals surface area (Å²) < 4.78 is 6.62. The van der Waals surface area contributed by atoms with Gasteiger partial charge in [-0.3, -0.25) is 0 Å². The number of hydrogen-bond donors (Lipinski definition) is 1. The lowest BCUT2D eigenvalue weighted by molar-refractivity contribution is 0.177. The highest BCUT2D eigenvalue weighted by molar-refractivity contribution is 6.74. The fourth-order valence-corrected chi connectivity index (χ4v) is 3.05. The second-order valence-electron chi connectivity index (χ2n) is 7.34. The van der Waals surface area contributed by atoms with Crippen molar-refractivity contribution in [2.45, 2.75) is 64.9 Å². The van der Waals surface area contributed by atoms with Crippen LogP contribution in [0, 0.1) is 0 Å². The van der Waals surface area contributed by atoms with Crippen LogP contribution in [0.25, 0.3) is 0 Å². The van der Waals surface area contributed by atoms with Crippen LogP contribution in [0.1, 0.15) is 46.3 Å². The molecule has 114 valence electrons. The average Bonchev–Trinajstić information content (AvgIpc) is 2.34. The molecule has 0 fully saturated rings. The molecular weight excluding hydrogens is 262 g/mol. The molecule has 0 saturated heterocycles. The van der Waals surface area contributed by atoms with Crippen molar-refractivity contribution in [3.05, 3.63) is 35.9 Å². The van der Waals surface area contributed by atoms with Crippen molar-refractivity contribution >= 4 is 8.32 Å². The summed E-state index contributed by atoms with van der Waals surface area (Å²) in [4.78, 5) is 0. The quantitative estimate of drug-likeness (QED) is 0.764. The maximum atomic E-state index is 6.62. The molecule has 0 aliphatic heterocycles. The van der Waals surface area contributed by atoms with Gasteiger partial charge < -0.3 is 9.74 Å². The molecule has 3 heteroatoms. The monoisotopic (exact) mass is 293 g/mol. The first-order valence-electron chi connectivity index (χ1n) is 7.59. The lowest BCUT2D eigenvalue weighted by Crippen LogP contribution is -2.44. The smallest absolute Gasteiger partial charge is 0.192 e. The molecule has 0 unspecified atom stereocenters. The van der Waals surface area contributed by atoms with Crippen LogP contribution in [0.4, 0.5) is 0 Å². The standard InChI is InChI=1S/C17H31NOSi/c1-14(2)18-13-16(15-11-9-8-10-12-15)19-20(6,7)17(3,4)5/h8-12,14,16,18H,13H2,1-7H3/t16-/m0/s1. The van der Waals surface area contributed by atoms with Crippen molar-refractivity contribution in [2.24, 2.45) is 0 Å². The minimum absolute atomic E-state index is 0.138. The van der Waals surface area contributed by atoms with E-state index in [1.54, 1.807) is 0 Å². The normalized spacial score (nSPS) is 14.6. The van der Waals surface area contributed by atoms with Crippen LogP contribution in [0.15, 0.2) is 30.3 Å². The van der Waals surface area contributed by atoms with Gasteiger partial charge in [-0.25, -0.2) is 0 Å².